The molecule has 4 aromatic carbocycles. The normalized spacial score (nSPS) is 10.5. The molecule has 0 aliphatic rings. The summed E-state index contributed by atoms with van der Waals surface area (Å²) in [6.07, 6.45) is 0. The lowest BCUT2D eigenvalue weighted by molar-refractivity contribution is 1.28. The van der Waals surface area contributed by atoms with Crippen LogP contribution >= 0.6 is 11.6 Å². The summed E-state index contributed by atoms with van der Waals surface area (Å²) in [6, 6.07) is 37.3. The van der Waals surface area contributed by atoms with E-state index in [1.807, 2.05) is 42.5 Å². The van der Waals surface area contributed by atoms with Crippen LogP contribution in [0.1, 0.15) is 0 Å². The predicted octanol–water partition coefficient (Wildman–Crippen LogP) is 7.48. The fraction of sp³-hybridized carbons (Fsp3) is 0. The Morgan fingerprint density at radius 2 is 1.00 bits per heavy atom. The fourth-order valence-corrected chi connectivity index (χ4v) is 3.26. The van der Waals surface area contributed by atoms with Crippen molar-refractivity contribution in [3.8, 4) is 11.1 Å². The summed E-state index contributed by atoms with van der Waals surface area (Å²) in [4.78, 5) is 2.21. The smallest absolute Gasteiger partial charge is 0.0476 e. The summed E-state index contributed by atoms with van der Waals surface area (Å²) in [5.41, 5.74) is 5.65. The highest BCUT2D eigenvalue weighted by molar-refractivity contribution is 6.30. The van der Waals surface area contributed by atoms with Gasteiger partial charge in [0.2, 0.25) is 0 Å². The molecule has 0 unspecified atom stereocenters. The maximum atomic E-state index is 6.24. The first-order chi connectivity index (χ1) is 12.8. The molecular formula is C24H18ClN. The zero-order valence-electron chi connectivity index (χ0n) is 14.2. The molecule has 0 bridgehead atoms. The van der Waals surface area contributed by atoms with Crippen molar-refractivity contribution in [2.24, 2.45) is 0 Å². The van der Waals surface area contributed by atoms with E-state index in [-0.39, 0.29) is 0 Å². The van der Waals surface area contributed by atoms with Crippen molar-refractivity contribution < 1.29 is 0 Å². The van der Waals surface area contributed by atoms with Crippen molar-refractivity contribution >= 4 is 28.7 Å². The van der Waals surface area contributed by atoms with E-state index in [2.05, 4.69) is 71.6 Å². The molecule has 2 heteroatoms. The summed E-state index contributed by atoms with van der Waals surface area (Å²) in [5.74, 6) is 0. The van der Waals surface area contributed by atoms with Gasteiger partial charge >= 0.3 is 0 Å². The highest BCUT2D eigenvalue weighted by Gasteiger charge is 2.12. The molecule has 0 aliphatic heterocycles. The Labute approximate surface area is 159 Å². The largest absolute Gasteiger partial charge is 0.310 e. The fourth-order valence-electron chi connectivity index (χ4n) is 3.07. The van der Waals surface area contributed by atoms with Crippen LogP contribution in [0.3, 0.4) is 0 Å². The Balaban J connectivity index is 1.77. The maximum absolute atomic E-state index is 6.24. The zero-order valence-corrected chi connectivity index (χ0v) is 15.0. The van der Waals surface area contributed by atoms with Crippen LogP contribution in [0.5, 0.6) is 0 Å². The molecule has 1 nitrogen and oxygen atoms in total. The minimum absolute atomic E-state index is 0.726. The summed E-state index contributed by atoms with van der Waals surface area (Å²) < 4.78 is 0. The number of rotatable bonds is 4. The van der Waals surface area contributed by atoms with Crippen LogP contribution in [0.15, 0.2) is 109 Å². The monoisotopic (exact) mass is 355 g/mol. The summed E-state index contributed by atoms with van der Waals surface area (Å²) in [5, 5.41) is 0.726. The lowest BCUT2D eigenvalue weighted by Gasteiger charge is -2.25. The Morgan fingerprint density at radius 3 is 1.65 bits per heavy atom. The van der Waals surface area contributed by atoms with E-state index in [1.54, 1.807) is 0 Å². The molecule has 0 heterocycles. The SMILES string of the molecule is Clc1cccc(N(c2ccccc2)c2ccc(-c3ccccc3)cc2)c1. The highest BCUT2D eigenvalue weighted by atomic mass is 35.5. The van der Waals surface area contributed by atoms with Gasteiger partial charge in [0, 0.05) is 22.1 Å². The molecule has 0 radical (unpaired) electrons. The van der Waals surface area contributed by atoms with E-state index < -0.39 is 0 Å². The topological polar surface area (TPSA) is 3.24 Å². The van der Waals surface area contributed by atoms with Gasteiger partial charge in [-0.05, 0) is 53.6 Å². The number of benzene rings is 4. The van der Waals surface area contributed by atoms with Gasteiger partial charge in [0.25, 0.3) is 0 Å². The van der Waals surface area contributed by atoms with Gasteiger partial charge in [0.1, 0.15) is 0 Å². The minimum Gasteiger partial charge on any atom is -0.310 e. The molecule has 0 amide bonds. The first kappa shape index (κ1) is 16.4. The molecule has 4 aromatic rings. The molecule has 0 N–H and O–H groups in total. The first-order valence-corrected chi connectivity index (χ1v) is 8.95. The maximum Gasteiger partial charge on any atom is 0.0476 e. The average Bonchev–Trinajstić information content (AvgIpc) is 2.70. The third kappa shape index (κ3) is 3.49. The van der Waals surface area contributed by atoms with Crippen molar-refractivity contribution in [3.05, 3.63) is 114 Å². The van der Waals surface area contributed by atoms with Crippen LogP contribution in [0.25, 0.3) is 11.1 Å². The van der Waals surface area contributed by atoms with Gasteiger partial charge in [-0.2, -0.15) is 0 Å². The van der Waals surface area contributed by atoms with Crippen molar-refractivity contribution in [1.82, 2.24) is 0 Å². The predicted molar refractivity (Wildman–Crippen MR) is 112 cm³/mol. The molecule has 0 aromatic heterocycles. The lowest BCUT2D eigenvalue weighted by Crippen LogP contribution is -2.09. The van der Waals surface area contributed by atoms with Gasteiger partial charge in [-0.1, -0.05) is 78.3 Å². The van der Waals surface area contributed by atoms with E-state index in [0.717, 1.165) is 22.1 Å². The summed E-state index contributed by atoms with van der Waals surface area (Å²) >= 11 is 6.24. The summed E-state index contributed by atoms with van der Waals surface area (Å²) in [7, 11) is 0. The van der Waals surface area contributed by atoms with Crippen LogP contribution in [-0.4, -0.2) is 0 Å². The van der Waals surface area contributed by atoms with Crippen molar-refractivity contribution in [3.63, 3.8) is 0 Å². The number of nitrogens with zero attached hydrogens (tertiary/aromatic N) is 1. The lowest BCUT2D eigenvalue weighted by atomic mass is 10.0. The molecule has 0 atom stereocenters. The number of anilines is 3. The third-order valence-electron chi connectivity index (χ3n) is 4.31. The van der Waals surface area contributed by atoms with E-state index >= 15 is 0 Å². The molecule has 0 aliphatic carbocycles. The average molecular weight is 356 g/mol. The van der Waals surface area contributed by atoms with Gasteiger partial charge in [-0.3, -0.25) is 0 Å². The van der Waals surface area contributed by atoms with Crippen LogP contribution in [0, 0.1) is 0 Å². The highest BCUT2D eigenvalue weighted by Crippen LogP contribution is 2.36. The molecular weight excluding hydrogens is 338 g/mol. The molecule has 0 saturated heterocycles. The second-order valence-corrected chi connectivity index (χ2v) is 6.50. The van der Waals surface area contributed by atoms with E-state index in [4.69, 9.17) is 11.6 Å². The summed E-state index contributed by atoms with van der Waals surface area (Å²) in [6.45, 7) is 0. The minimum atomic E-state index is 0.726. The van der Waals surface area contributed by atoms with Crippen LogP contribution in [-0.2, 0) is 0 Å². The first-order valence-electron chi connectivity index (χ1n) is 8.57. The number of halogens is 1. The van der Waals surface area contributed by atoms with Gasteiger partial charge in [-0.15, -0.1) is 0 Å². The van der Waals surface area contributed by atoms with Crippen molar-refractivity contribution in [2.45, 2.75) is 0 Å². The van der Waals surface area contributed by atoms with Crippen LogP contribution < -0.4 is 4.90 Å². The molecule has 0 saturated carbocycles. The molecule has 0 fully saturated rings. The van der Waals surface area contributed by atoms with Crippen LogP contribution in [0.4, 0.5) is 17.1 Å². The second kappa shape index (κ2) is 7.47. The Kier molecular flexibility index (Phi) is 4.72. The number of para-hydroxylation sites is 1. The Hall–Kier alpha value is -3.03. The van der Waals surface area contributed by atoms with Crippen LogP contribution in [0.2, 0.25) is 5.02 Å². The standard InChI is InChI=1S/C24H18ClN/c25-21-10-7-13-24(18-21)26(22-11-5-2-6-12-22)23-16-14-20(15-17-23)19-8-3-1-4-9-19/h1-18H. The van der Waals surface area contributed by atoms with Gasteiger partial charge in [0.15, 0.2) is 0 Å². The van der Waals surface area contributed by atoms with Gasteiger partial charge in [0.05, 0.1) is 0 Å². The van der Waals surface area contributed by atoms with Gasteiger partial charge < -0.3 is 4.90 Å². The quantitative estimate of drug-likeness (QED) is 0.367. The molecule has 4 rings (SSSR count). The van der Waals surface area contributed by atoms with E-state index in [1.165, 1.54) is 11.1 Å². The Bertz CT molecular complexity index is 979. The molecule has 126 valence electrons. The van der Waals surface area contributed by atoms with Crippen molar-refractivity contribution in [2.75, 3.05) is 4.90 Å². The van der Waals surface area contributed by atoms with E-state index in [0.29, 0.717) is 0 Å². The molecule has 26 heavy (non-hydrogen) atoms. The van der Waals surface area contributed by atoms with E-state index in [9.17, 15) is 0 Å². The van der Waals surface area contributed by atoms with Gasteiger partial charge in [-0.25, -0.2) is 0 Å². The van der Waals surface area contributed by atoms with Crippen molar-refractivity contribution in [1.29, 1.82) is 0 Å². The number of hydrogen-bond donors (Lipinski definition) is 0. The third-order valence-corrected chi connectivity index (χ3v) is 4.55. The second-order valence-electron chi connectivity index (χ2n) is 6.06. The zero-order chi connectivity index (χ0) is 17.8. The number of hydrogen-bond acceptors (Lipinski definition) is 1. The molecule has 0 spiro atoms. The Morgan fingerprint density at radius 1 is 0.462 bits per heavy atom.